The number of methoxy groups -OCH3 is 1. The zero-order valence-corrected chi connectivity index (χ0v) is 17.0. The number of carbonyl (C=O) groups excluding carboxylic acids is 1. The molecule has 0 bridgehead atoms. The summed E-state index contributed by atoms with van der Waals surface area (Å²) in [6.45, 7) is 2.95. The van der Waals surface area contributed by atoms with Crippen molar-refractivity contribution < 1.29 is 9.53 Å². The molecule has 4 rings (SSSR count). The van der Waals surface area contributed by atoms with Crippen LogP contribution in [-0.4, -0.2) is 40.7 Å². The predicted octanol–water partition coefficient (Wildman–Crippen LogP) is 4.23. The fraction of sp³-hybridized carbons (Fsp3) is 0.333. The molecule has 0 aliphatic carbocycles. The Morgan fingerprint density at radius 3 is 2.66 bits per heavy atom. The summed E-state index contributed by atoms with van der Waals surface area (Å²) in [7, 11) is 3.60. The zero-order chi connectivity index (χ0) is 20.2. The van der Waals surface area contributed by atoms with Crippen LogP contribution in [-0.2, 0) is 13.6 Å². The number of nitrogens with zero attached hydrogens (tertiary/aromatic N) is 3. The molecular weight excluding hydrogens is 362 g/mol. The first-order valence-corrected chi connectivity index (χ1v) is 10.1. The van der Waals surface area contributed by atoms with Crippen LogP contribution >= 0.6 is 0 Å². The molecule has 5 nitrogen and oxygen atoms in total. The molecule has 5 heteroatoms. The van der Waals surface area contributed by atoms with Crippen LogP contribution in [0.5, 0.6) is 5.75 Å². The van der Waals surface area contributed by atoms with Gasteiger partial charge in [0.15, 0.2) is 0 Å². The first kappa shape index (κ1) is 19.4. The van der Waals surface area contributed by atoms with Gasteiger partial charge in [-0.3, -0.25) is 14.4 Å². The Morgan fingerprint density at radius 1 is 1.14 bits per heavy atom. The number of fused-ring (bicyclic) bond motifs is 1. The van der Waals surface area contributed by atoms with Crippen molar-refractivity contribution in [2.45, 2.75) is 19.4 Å². The molecule has 1 saturated heterocycles. The van der Waals surface area contributed by atoms with Crippen molar-refractivity contribution in [1.82, 2.24) is 14.7 Å². The molecule has 0 radical (unpaired) electrons. The lowest BCUT2D eigenvalue weighted by atomic mass is 9.95. The number of para-hydroxylation sites is 2. The number of ketones is 1. The van der Waals surface area contributed by atoms with Crippen LogP contribution in [0.25, 0.3) is 10.9 Å². The van der Waals surface area contributed by atoms with Crippen LogP contribution in [0.3, 0.4) is 0 Å². The fourth-order valence-corrected chi connectivity index (χ4v) is 4.08. The molecule has 150 valence electrons. The minimum absolute atomic E-state index is 0.0155. The summed E-state index contributed by atoms with van der Waals surface area (Å²) in [5, 5.41) is 5.34. The predicted molar refractivity (Wildman–Crippen MR) is 115 cm³/mol. The van der Waals surface area contributed by atoms with Gasteiger partial charge in [-0.1, -0.05) is 42.5 Å². The number of benzene rings is 2. The van der Waals surface area contributed by atoms with Gasteiger partial charge in [-0.15, -0.1) is 0 Å². The Labute approximate surface area is 171 Å². The van der Waals surface area contributed by atoms with E-state index in [1.165, 1.54) is 5.56 Å². The normalized spacial score (nSPS) is 15.9. The minimum Gasteiger partial charge on any atom is -0.496 e. The van der Waals surface area contributed by atoms with Crippen LogP contribution in [0.1, 0.15) is 28.9 Å². The van der Waals surface area contributed by atoms with Gasteiger partial charge >= 0.3 is 0 Å². The van der Waals surface area contributed by atoms with E-state index < -0.39 is 0 Å². The van der Waals surface area contributed by atoms with Gasteiger partial charge in [0.25, 0.3) is 0 Å². The topological polar surface area (TPSA) is 47.4 Å². The Hall–Kier alpha value is -2.92. The van der Waals surface area contributed by atoms with Gasteiger partial charge in [0, 0.05) is 24.5 Å². The SMILES string of the molecule is COc1ccccc1CN1CCC(/C=C/C(=O)c2nn(C)c3ccccc23)CC1. The number of hydrogen-bond donors (Lipinski definition) is 0. The number of hydrogen-bond acceptors (Lipinski definition) is 4. The number of rotatable bonds is 6. The van der Waals surface area contributed by atoms with Crippen molar-refractivity contribution >= 4 is 16.7 Å². The van der Waals surface area contributed by atoms with Gasteiger partial charge in [0.1, 0.15) is 11.4 Å². The minimum atomic E-state index is -0.0155. The molecule has 1 aliphatic rings. The molecule has 1 aromatic heterocycles. The van der Waals surface area contributed by atoms with E-state index in [4.69, 9.17) is 4.74 Å². The summed E-state index contributed by atoms with van der Waals surface area (Å²) in [6, 6.07) is 16.1. The third-order valence-corrected chi connectivity index (χ3v) is 5.73. The number of piperidine rings is 1. The molecule has 2 heterocycles. The largest absolute Gasteiger partial charge is 0.496 e. The second kappa shape index (κ2) is 8.62. The number of aryl methyl sites for hydroxylation is 1. The third-order valence-electron chi connectivity index (χ3n) is 5.73. The van der Waals surface area contributed by atoms with Gasteiger partial charge in [-0.05, 0) is 50.1 Å². The molecule has 1 aliphatic heterocycles. The highest BCUT2D eigenvalue weighted by molar-refractivity contribution is 6.11. The molecular formula is C24H27N3O2. The molecule has 29 heavy (non-hydrogen) atoms. The standard InChI is InChI=1S/C24H27N3O2/c1-26-21-9-5-4-8-20(21)24(25-26)22(28)12-11-18-13-15-27(16-14-18)17-19-7-3-6-10-23(19)29-2/h3-12,18H,13-17H2,1-2H3/b12-11+. The van der Waals surface area contributed by atoms with Crippen LogP contribution in [0.2, 0.25) is 0 Å². The van der Waals surface area contributed by atoms with Gasteiger partial charge in [-0.2, -0.15) is 5.10 Å². The lowest BCUT2D eigenvalue weighted by Crippen LogP contribution is -2.32. The maximum atomic E-state index is 12.7. The van der Waals surface area contributed by atoms with Crippen LogP contribution in [0, 0.1) is 5.92 Å². The second-order valence-electron chi connectivity index (χ2n) is 7.64. The average Bonchev–Trinajstić information content (AvgIpc) is 3.10. The monoisotopic (exact) mass is 389 g/mol. The number of carbonyl (C=O) groups is 1. The van der Waals surface area contributed by atoms with Crippen molar-refractivity contribution in [2.75, 3.05) is 20.2 Å². The van der Waals surface area contributed by atoms with Crippen molar-refractivity contribution in [2.24, 2.45) is 13.0 Å². The smallest absolute Gasteiger partial charge is 0.206 e. The summed E-state index contributed by atoms with van der Waals surface area (Å²) < 4.78 is 7.23. The lowest BCUT2D eigenvalue weighted by molar-refractivity contribution is 0.104. The van der Waals surface area contributed by atoms with Gasteiger partial charge in [0.2, 0.25) is 5.78 Å². The molecule has 0 atom stereocenters. The Morgan fingerprint density at radius 2 is 1.86 bits per heavy atom. The maximum Gasteiger partial charge on any atom is 0.206 e. The van der Waals surface area contributed by atoms with Crippen LogP contribution in [0.15, 0.2) is 60.7 Å². The Kier molecular flexibility index (Phi) is 5.76. The van der Waals surface area contributed by atoms with E-state index in [0.29, 0.717) is 11.6 Å². The first-order chi connectivity index (χ1) is 14.2. The van der Waals surface area contributed by atoms with E-state index >= 15 is 0 Å². The molecule has 0 saturated carbocycles. The second-order valence-corrected chi connectivity index (χ2v) is 7.64. The highest BCUT2D eigenvalue weighted by Crippen LogP contribution is 2.24. The quantitative estimate of drug-likeness (QED) is 0.467. The molecule has 0 spiro atoms. The van der Waals surface area contributed by atoms with Crippen molar-refractivity contribution in [3.8, 4) is 5.75 Å². The molecule has 0 N–H and O–H groups in total. The van der Waals surface area contributed by atoms with Gasteiger partial charge in [-0.25, -0.2) is 0 Å². The number of ether oxygens (including phenoxy) is 1. The van der Waals surface area contributed by atoms with E-state index in [1.54, 1.807) is 17.9 Å². The highest BCUT2D eigenvalue weighted by Gasteiger charge is 2.19. The van der Waals surface area contributed by atoms with Crippen molar-refractivity contribution in [3.05, 3.63) is 71.9 Å². The van der Waals surface area contributed by atoms with Crippen molar-refractivity contribution in [1.29, 1.82) is 0 Å². The summed E-state index contributed by atoms with van der Waals surface area (Å²) in [6.07, 6.45) is 5.91. The van der Waals surface area contributed by atoms with Crippen molar-refractivity contribution in [3.63, 3.8) is 0 Å². The molecule has 3 aromatic rings. The summed E-state index contributed by atoms with van der Waals surface area (Å²) in [5.74, 6) is 1.36. The first-order valence-electron chi connectivity index (χ1n) is 10.1. The number of aromatic nitrogens is 2. The Bertz CT molecular complexity index is 1030. The van der Waals surface area contributed by atoms with E-state index in [0.717, 1.165) is 49.1 Å². The molecule has 2 aromatic carbocycles. The fourth-order valence-electron chi connectivity index (χ4n) is 4.08. The summed E-state index contributed by atoms with van der Waals surface area (Å²) >= 11 is 0. The van der Waals surface area contributed by atoms with Gasteiger partial charge in [0.05, 0.1) is 12.6 Å². The summed E-state index contributed by atoms with van der Waals surface area (Å²) in [4.78, 5) is 15.2. The number of likely N-dealkylation sites (tertiary alicyclic amines) is 1. The maximum absolute atomic E-state index is 12.7. The Balaban J connectivity index is 1.35. The van der Waals surface area contributed by atoms with Gasteiger partial charge < -0.3 is 4.74 Å². The average molecular weight is 389 g/mol. The van der Waals surface area contributed by atoms with E-state index in [9.17, 15) is 4.79 Å². The highest BCUT2D eigenvalue weighted by atomic mass is 16.5. The van der Waals surface area contributed by atoms with E-state index in [2.05, 4.69) is 28.2 Å². The third kappa shape index (κ3) is 4.25. The van der Waals surface area contributed by atoms with Crippen LogP contribution < -0.4 is 4.74 Å². The molecule has 1 fully saturated rings. The number of allylic oxidation sites excluding steroid dienone is 2. The van der Waals surface area contributed by atoms with Crippen LogP contribution in [0.4, 0.5) is 0 Å². The van der Waals surface area contributed by atoms with E-state index in [1.807, 2.05) is 43.4 Å². The summed E-state index contributed by atoms with van der Waals surface area (Å²) in [5.41, 5.74) is 2.74. The molecule has 0 unspecified atom stereocenters. The van der Waals surface area contributed by atoms with E-state index in [-0.39, 0.29) is 5.78 Å². The zero-order valence-electron chi connectivity index (χ0n) is 17.0. The molecule has 0 amide bonds. The lowest BCUT2D eigenvalue weighted by Gasteiger charge is -2.31.